The average Bonchev–Trinajstić information content (AvgIpc) is 2.46. The second kappa shape index (κ2) is 5.09. The Kier molecular flexibility index (Phi) is 3.28. The molecular weight excluding hydrogens is 276 g/mol. The number of benzene rings is 1. The largest absolute Gasteiger partial charge is 0.368 e. The van der Waals surface area contributed by atoms with Crippen LogP contribution in [0.3, 0.4) is 0 Å². The number of carbonyl (C=O) groups excluding carboxylic acids is 1. The molecule has 2 heterocycles. The van der Waals surface area contributed by atoms with Gasteiger partial charge in [-0.15, -0.1) is 0 Å². The van der Waals surface area contributed by atoms with Crippen LogP contribution in [0.2, 0.25) is 5.02 Å². The third kappa shape index (κ3) is 2.32. The molecule has 1 aliphatic heterocycles. The summed E-state index contributed by atoms with van der Waals surface area (Å²) >= 11 is 6.07. The van der Waals surface area contributed by atoms with Crippen LogP contribution in [-0.2, 0) is 13.0 Å². The van der Waals surface area contributed by atoms with Crippen molar-refractivity contribution >= 4 is 23.5 Å². The second-order valence-corrected chi connectivity index (χ2v) is 5.06. The molecule has 0 atom stereocenters. The van der Waals surface area contributed by atoms with Gasteiger partial charge in [-0.25, -0.2) is 9.97 Å². The Hall–Kier alpha value is -2.14. The highest BCUT2D eigenvalue weighted by Crippen LogP contribution is 2.22. The molecule has 0 fully saturated rings. The summed E-state index contributed by atoms with van der Waals surface area (Å²) in [4.78, 5) is 22.4. The Morgan fingerprint density at radius 3 is 2.95 bits per heavy atom. The van der Waals surface area contributed by atoms with E-state index < -0.39 is 0 Å². The molecule has 1 aromatic heterocycles. The molecule has 1 aromatic carbocycles. The van der Waals surface area contributed by atoms with Crippen molar-refractivity contribution in [2.45, 2.75) is 13.0 Å². The fourth-order valence-electron chi connectivity index (χ4n) is 2.30. The number of rotatable bonds is 1. The molecule has 20 heavy (non-hydrogen) atoms. The van der Waals surface area contributed by atoms with Crippen LogP contribution in [0.4, 0.5) is 5.95 Å². The molecule has 0 radical (unpaired) electrons. The van der Waals surface area contributed by atoms with E-state index in [-0.39, 0.29) is 11.9 Å². The predicted molar refractivity (Wildman–Crippen MR) is 76.3 cm³/mol. The van der Waals surface area contributed by atoms with Crippen molar-refractivity contribution in [3.63, 3.8) is 0 Å². The van der Waals surface area contributed by atoms with E-state index in [2.05, 4.69) is 9.97 Å². The maximum absolute atomic E-state index is 12.5. The highest BCUT2D eigenvalue weighted by atomic mass is 35.5. The third-order valence-corrected chi connectivity index (χ3v) is 3.69. The lowest BCUT2D eigenvalue weighted by Gasteiger charge is -2.28. The Balaban J connectivity index is 1.87. The number of carbonyl (C=O) groups is 1. The van der Waals surface area contributed by atoms with Gasteiger partial charge in [0.05, 0.1) is 22.8 Å². The zero-order valence-electron chi connectivity index (χ0n) is 10.7. The van der Waals surface area contributed by atoms with Crippen LogP contribution in [0.1, 0.15) is 21.6 Å². The van der Waals surface area contributed by atoms with Crippen molar-refractivity contribution in [2.75, 3.05) is 12.3 Å². The minimum atomic E-state index is -0.0848. The number of nitrogens with two attached hydrogens (primary N) is 1. The van der Waals surface area contributed by atoms with E-state index in [1.165, 1.54) is 0 Å². The molecule has 5 nitrogen and oxygen atoms in total. The minimum absolute atomic E-state index is 0.0848. The molecule has 0 aliphatic carbocycles. The Morgan fingerprint density at radius 1 is 1.35 bits per heavy atom. The van der Waals surface area contributed by atoms with Crippen molar-refractivity contribution in [3.8, 4) is 0 Å². The van der Waals surface area contributed by atoms with Gasteiger partial charge < -0.3 is 10.6 Å². The number of nitrogen functional groups attached to an aromatic ring is 1. The van der Waals surface area contributed by atoms with Gasteiger partial charge in [0.1, 0.15) is 0 Å². The summed E-state index contributed by atoms with van der Waals surface area (Å²) in [5, 5.41) is 0.463. The van der Waals surface area contributed by atoms with Crippen LogP contribution >= 0.6 is 11.6 Å². The number of fused-ring (bicyclic) bond motifs is 1. The van der Waals surface area contributed by atoms with Crippen molar-refractivity contribution in [3.05, 3.63) is 52.3 Å². The number of anilines is 1. The van der Waals surface area contributed by atoms with E-state index in [9.17, 15) is 4.79 Å². The number of halogens is 1. The fraction of sp³-hybridized carbons (Fsp3) is 0.214. The lowest BCUT2D eigenvalue weighted by Crippen LogP contribution is -2.36. The Morgan fingerprint density at radius 2 is 2.15 bits per heavy atom. The summed E-state index contributed by atoms with van der Waals surface area (Å²) < 4.78 is 0. The maximum Gasteiger partial charge on any atom is 0.255 e. The standard InChI is InChI=1S/C14H13ClN4O/c15-11-4-2-1-3-10(11)13(20)19-6-5-9-7-17-14(16)18-12(9)8-19/h1-4,7H,5-6,8H2,(H2,16,17,18). The lowest BCUT2D eigenvalue weighted by molar-refractivity contribution is 0.0732. The quantitative estimate of drug-likeness (QED) is 0.870. The topological polar surface area (TPSA) is 72.1 Å². The highest BCUT2D eigenvalue weighted by Gasteiger charge is 2.24. The van der Waals surface area contributed by atoms with Crippen molar-refractivity contribution in [2.24, 2.45) is 0 Å². The molecule has 102 valence electrons. The van der Waals surface area contributed by atoms with Crippen molar-refractivity contribution in [1.29, 1.82) is 0 Å². The fourth-order valence-corrected chi connectivity index (χ4v) is 2.51. The normalized spacial score (nSPS) is 13.9. The van der Waals surface area contributed by atoms with Gasteiger partial charge in [0.25, 0.3) is 5.91 Å². The van der Waals surface area contributed by atoms with Gasteiger partial charge in [-0.2, -0.15) is 0 Å². The monoisotopic (exact) mass is 288 g/mol. The summed E-state index contributed by atoms with van der Waals surface area (Å²) in [5.41, 5.74) is 7.96. The molecule has 3 rings (SSSR count). The van der Waals surface area contributed by atoms with Crippen LogP contribution in [0, 0.1) is 0 Å². The van der Waals surface area contributed by atoms with Crippen LogP contribution < -0.4 is 5.73 Å². The first-order chi connectivity index (χ1) is 9.65. The SMILES string of the molecule is Nc1ncc2c(n1)CN(C(=O)c1ccccc1Cl)CC2. The van der Waals surface area contributed by atoms with Crippen LogP contribution in [0.15, 0.2) is 30.5 Å². The summed E-state index contributed by atoms with van der Waals surface area (Å²) in [5.74, 6) is 0.147. The molecule has 0 unspecified atom stereocenters. The molecule has 2 N–H and O–H groups in total. The number of amides is 1. The number of hydrogen-bond donors (Lipinski definition) is 1. The molecule has 1 amide bonds. The maximum atomic E-state index is 12.5. The van der Waals surface area contributed by atoms with E-state index in [0.717, 1.165) is 17.7 Å². The van der Waals surface area contributed by atoms with Gasteiger partial charge >= 0.3 is 0 Å². The minimum Gasteiger partial charge on any atom is -0.368 e. The Bertz CT molecular complexity index is 674. The van der Waals surface area contributed by atoms with E-state index >= 15 is 0 Å². The van der Waals surface area contributed by atoms with Crippen LogP contribution in [-0.4, -0.2) is 27.3 Å². The molecule has 0 spiro atoms. The zero-order valence-corrected chi connectivity index (χ0v) is 11.5. The summed E-state index contributed by atoms with van der Waals surface area (Å²) in [7, 11) is 0. The predicted octanol–water partition coefficient (Wildman–Crippen LogP) is 1.91. The molecule has 0 saturated heterocycles. The van der Waals surface area contributed by atoms with E-state index in [0.29, 0.717) is 23.7 Å². The number of nitrogens with zero attached hydrogens (tertiary/aromatic N) is 3. The molecule has 1 aliphatic rings. The second-order valence-electron chi connectivity index (χ2n) is 4.66. The first-order valence-corrected chi connectivity index (χ1v) is 6.67. The van der Waals surface area contributed by atoms with Gasteiger partial charge in [-0.1, -0.05) is 23.7 Å². The highest BCUT2D eigenvalue weighted by molar-refractivity contribution is 6.33. The lowest BCUT2D eigenvalue weighted by atomic mass is 10.1. The first-order valence-electron chi connectivity index (χ1n) is 6.29. The summed E-state index contributed by atoms with van der Waals surface area (Å²) in [6.07, 6.45) is 2.46. The van der Waals surface area contributed by atoms with E-state index in [1.54, 1.807) is 35.4 Å². The Labute approximate surface area is 121 Å². The van der Waals surface area contributed by atoms with Gasteiger partial charge in [0.2, 0.25) is 5.95 Å². The van der Waals surface area contributed by atoms with Gasteiger partial charge in [-0.3, -0.25) is 4.79 Å². The van der Waals surface area contributed by atoms with E-state index in [1.807, 2.05) is 0 Å². The van der Waals surface area contributed by atoms with Crippen molar-refractivity contribution in [1.82, 2.24) is 14.9 Å². The van der Waals surface area contributed by atoms with Crippen LogP contribution in [0.5, 0.6) is 0 Å². The van der Waals surface area contributed by atoms with Crippen LogP contribution in [0.25, 0.3) is 0 Å². The van der Waals surface area contributed by atoms with Gasteiger partial charge in [0.15, 0.2) is 0 Å². The summed E-state index contributed by atoms with van der Waals surface area (Å²) in [6.45, 7) is 1.07. The number of aromatic nitrogens is 2. The molecule has 6 heteroatoms. The third-order valence-electron chi connectivity index (χ3n) is 3.36. The van der Waals surface area contributed by atoms with Gasteiger partial charge in [0, 0.05) is 12.7 Å². The molecule has 0 saturated carbocycles. The van der Waals surface area contributed by atoms with E-state index in [4.69, 9.17) is 17.3 Å². The molecular formula is C14H13ClN4O. The molecule has 0 bridgehead atoms. The molecule has 2 aromatic rings. The zero-order chi connectivity index (χ0) is 14.1. The van der Waals surface area contributed by atoms with Gasteiger partial charge in [-0.05, 0) is 24.1 Å². The smallest absolute Gasteiger partial charge is 0.255 e. The first kappa shape index (κ1) is 12.9. The summed E-state index contributed by atoms with van der Waals surface area (Å²) in [6, 6.07) is 7.05. The number of hydrogen-bond acceptors (Lipinski definition) is 4. The average molecular weight is 289 g/mol. The van der Waals surface area contributed by atoms with Crippen molar-refractivity contribution < 1.29 is 4.79 Å².